The van der Waals surface area contributed by atoms with Gasteiger partial charge in [-0.15, -0.1) is 11.8 Å². The van der Waals surface area contributed by atoms with Crippen molar-refractivity contribution in [1.82, 2.24) is 19.5 Å². The summed E-state index contributed by atoms with van der Waals surface area (Å²) in [6, 6.07) is 12.8. The Hall–Kier alpha value is -3.52. The maximum Gasteiger partial charge on any atom is 0.459 e. The summed E-state index contributed by atoms with van der Waals surface area (Å²) >= 11 is 1.51. The van der Waals surface area contributed by atoms with E-state index in [0.29, 0.717) is 23.1 Å². The number of rotatable bonds is 6. The number of alkyl halides is 5. The van der Waals surface area contributed by atoms with E-state index >= 15 is 0 Å². The molecule has 1 aromatic carbocycles. The fraction of sp³-hybridized carbons (Fsp3) is 0.357. The summed E-state index contributed by atoms with van der Waals surface area (Å²) in [5.41, 5.74) is 1.73. The molecule has 4 aromatic rings. The number of hydrogen-bond donors (Lipinski definition) is 0. The minimum Gasteiger partial charge on any atom is -0.325 e. The molecule has 5 nitrogen and oxygen atoms in total. The topological polar surface area (TPSA) is 67.4 Å². The van der Waals surface area contributed by atoms with Crippen LogP contribution < -0.4 is 0 Å². The molecule has 0 unspecified atom stereocenters. The number of hydrogen-bond acceptors (Lipinski definition) is 5. The van der Waals surface area contributed by atoms with E-state index in [0.717, 1.165) is 46.4 Å². The SMILES string of the molecule is CC.CCSc1cc(-c2ccc(C3(C#N)CC3)cc2)cnc1-c1nc2cc(C(F)(F)C(F)(F)F)ncc2n1C. The third-order valence-corrected chi connectivity index (χ3v) is 7.46. The molecule has 1 aliphatic rings. The first-order valence-electron chi connectivity index (χ1n) is 12.4. The third-order valence-electron chi connectivity index (χ3n) is 6.54. The number of fused-ring (bicyclic) bond motifs is 1. The van der Waals surface area contributed by atoms with E-state index in [1.165, 1.54) is 11.8 Å². The highest BCUT2D eigenvalue weighted by Gasteiger charge is 2.60. The van der Waals surface area contributed by atoms with Crippen molar-refractivity contribution < 1.29 is 22.0 Å². The van der Waals surface area contributed by atoms with Gasteiger partial charge in [-0.05, 0) is 41.9 Å². The van der Waals surface area contributed by atoms with Crippen LogP contribution in [0.25, 0.3) is 33.7 Å². The summed E-state index contributed by atoms with van der Waals surface area (Å²) in [7, 11) is 1.63. The number of thioether (sulfide) groups is 1. The number of aryl methyl sites for hydroxylation is 1. The molecule has 0 amide bonds. The van der Waals surface area contributed by atoms with Gasteiger partial charge in [0.1, 0.15) is 11.4 Å². The maximum atomic E-state index is 13.9. The second-order valence-corrected chi connectivity index (χ2v) is 10.2. The van der Waals surface area contributed by atoms with Crippen molar-refractivity contribution in [1.29, 1.82) is 5.26 Å². The largest absolute Gasteiger partial charge is 0.459 e. The average Bonchev–Trinajstić information content (AvgIpc) is 3.67. The Morgan fingerprint density at radius 1 is 1.00 bits per heavy atom. The van der Waals surface area contributed by atoms with Crippen LogP contribution in [-0.4, -0.2) is 31.4 Å². The molecule has 3 heterocycles. The van der Waals surface area contributed by atoms with Crippen LogP contribution in [0.15, 0.2) is 53.7 Å². The van der Waals surface area contributed by atoms with Crippen LogP contribution >= 0.6 is 11.8 Å². The fourth-order valence-electron chi connectivity index (χ4n) is 4.23. The lowest BCUT2D eigenvalue weighted by atomic mass is 9.95. The third kappa shape index (κ3) is 5.10. The Labute approximate surface area is 227 Å². The molecular weight excluding hydrogens is 533 g/mol. The molecule has 39 heavy (non-hydrogen) atoms. The van der Waals surface area contributed by atoms with Crippen LogP contribution in [0.2, 0.25) is 0 Å². The lowest BCUT2D eigenvalue weighted by molar-refractivity contribution is -0.290. The van der Waals surface area contributed by atoms with Gasteiger partial charge in [-0.1, -0.05) is 45.0 Å². The molecule has 1 fully saturated rings. The molecular formula is C28H26F5N5S. The number of imidazole rings is 1. The molecule has 0 aliphatic heterocycles. The summed E-state index contributed by atoms with van der Waals surface area (Å²) < 4.78 is 67.8. The van der Waals surface area contributed by atoms with Gasteiger partial charge in [-0.2, -0.15) is 27.2 Å². The van der Waals surface area contributed by atoms with E-state index in [2.05, 4.69) is 21.0 Å². The standard InChI is InChI=1S/C26H20F5N5S.C2H6/c1-3-37-20-10-16(15-4-6-17(7-5-15)24(14-32)8-9-24)12-34-22(20)23-35-18-11-21(25(27,28)26(29,30)31)33-13-19(18)36(23)2;1-2/h4-7,10-13H,3,8-9H2,1-2H3;1-2H3. The number of nitriles is 1. The number of aromatic nitrogens is 4. The average molecular weight is 560 g/mol. The Morgan fingerprint density at radius 3 is 2.23 bits per heavy atom. The summed E-state index contributed by atoms with van der Waals surface area (Å²) in [6.07, 6.45) is -1.41. The zero-order valence-corrected chi connectivity index (χ0v) is 22.6. The smallest absolute Gasteiger partial charge is 0.325 e. The van der Waals surface area contributed by atoms with Crippen LogP contribution in [0.1, 0.15) is 44.9 Å². The molecule has 0 spiro atoms. The Bertz CT molecular complexity index is 1530. The Morgan fingerprint density at radius 2 is 1.67 bits per heavy atom. The number of nitrogens with zero attached hydrogens (tertiary/aromatic N) is 5. The molecule has 5 rings (SSSR count). The van der Waals surface area contributed by atoms with E-state index in [-0.39, 0.29) is 10.9 Å². The van der Waals surface area contributed by atoms with Gasteiger partial charge in [-0.3, -0.25) is 9.97 Å². The molecule has 204 valence electrons. The van der Waals surface area contributed by atoms with Crippen LogP contribution in [0, 0.1) is 11.3 Å². The first kappa shape index (κ1) is 28.5. The molecule has 3 aromatic heterocycles. The quantitative estimate of drug-likeness (QED) is 0.177. The molecule has 0 atom stereocenters. The lowest BCUT2D eigenvalue weighted by Gasteiger charge is -2.18. The van der Waals surface area contributed by atoms with Gasteiger partial charge in [0.05, 0.1) is 28.7 Å². The maximum absolute atomic E-state index is 13.9. The van der Waals surface area contributed by atoms with Crippen LogP contribution in [-0.2, 0) is 18.4 Å². The highest BCUT2D eigenvalue weighted by atomic mass is 32.2. The normalized spacial score (nSPS) is 14.5. The summed E-state index contributed by atoms with van der Waals surface area (Å²) in [5, 5.41) is 9.43. The predicted octanol–water partition coefficient (Wildman–Crippen LogP) is 8.04. The molecule has 0 bridgehead atoms. The highest BCUT2D eigenvalue weighted by Crippen LogP contribution is 2.48. The van der Waals surface area contributed by atoms with E-state index in [1.54, 1.807) is 17.8 Å². The highest BCUT2D eigenvalue weighted by molar-refractivity contribution is 7.99. The first-order chi connectivity index (χ1) is 18.5. The zero-order valence-electron chi connectivity index (χ0n) is 21.8. The van der Waals surface area contributed by atoms with Gasteiger partial charge in [0.25, 0.3) is 0 Å². The second-order valence-electron chi connectivity index (χ2n) is 8.90. The monoisotopic (exact) mass is 559 g/mol. The van der Waals surface area contributed by atoms with Crippen molar-refractivity contribution in [3.63, 3.8) is 0 Å². The van der Waals surface area contributed by atoms with Gasteiger partial charge < -0.3 is 4.57 Å². The molecule has 11 heteroatoms. The Kier molecular flexibility index (Phi) is 7.72. The second kappa shape index (κ2) is 10.6. The van der Waals surface area contributed by atoms with Crippen LogP contribution in [0.5, 0.6) is 0 Å². The van der Waals surface area contributed by atoms with Crippen molar-refractivity contribution in [2.45, 2.75) is 56.0 Å². The van der Waals surface area contributed by atoms with Crippen molar-refractivity contribution in [3.05, 3.63) is 60.0 Å². The Balaban J connectivity index is 0.00000172. The minimum atomic E-state index is -5.76. The van der Waals surface area contributed by atoms with Gasteiger partial charge in [-0.25, -0.2) is 4.98 Å². The lowest BCUT2D eigenvalue weighted by Crippen LogP contribution is -2.34. The minimum absolute atomic E-state index is 0.0353. The van der Waals surface area contributed by atoms with E-state index in [1.807, 2.05) is 51.1 Å². The van der Waals surface area contributed by atoms with E-state index in [9.17, 15) is 27.2 Å². The molecule has 1 saturated carbocycles. The zero-order chi connectivity index (χ0) is 28.6. The fourth-order valence-corrected chi connectivity index (χ4v) is 5.03. The molecule has 0 N–H and O–H groups in total. The summed E-state index contributed by atoms with van der Waals surface area (Å²) in [4.78, 5) is 13.1. The van der Waals surface area contributed by atoms with Crippen molar-refractivity contribution >= 4 is 22.8 Å². The number of pyridine rings is 2. The van der Waals surface area contributed by atoms with Gasteiger partial charge in [0.2, 0.25) is 0 Å². The van der Waals surface area contributed by atoms with E-state index in [4.69, 9.17) is 0 Å². The predicted molar refractivity (Wildman–Crippen MR) is 141 cm³/mol. The summed E-state index contributed by atoms with van der Waals surface area (Å²) in [6.45, 7) is 5.97. The van der Waals surface area contributed by atoms with Gasteiger partial charge >= 0.3 is 12.1 Å². The molecule has 0 radical (unpaired) electrons. The van der Waals surface area contributed by atoms with Crippen LogP contribution in [0.4, 0.5) is 22.0 Å². The molecule has 0 saturated heterocycles. The van der Waals surface area contributed by atoms with Crippen molar-refractivity contribution in [2.75, 3.05) is 5.75 Å². The number of benzene rings is 1. The number of halogens is 5. The van der Waals surface area contributed by atoms with Gasteiger partial charge in [0.15, 0.2) is 5.82 Å². The van der Waals surface area contributed by atoms with E-state index < -0.39 is 17.8 Å². The summed E-state index contributed by atoms with van der Waals surface area (Å²) in [5.74, 6) is -4.05. The van der Waals surface area contributed by atoms with Crippen LogP contribution in [0.3, 0.4) is 0 Å². The van der Waals surface area contributed by atoms with Crippen molar-refractivity contribution in [2.24, 2.45) is 7.05 Å². The molecule has 1 aliphatic carbocycles. The van der Waals surface area contributed by atoms with Gasteiger partial charge in [0, 0.05) is 23.7 Å². The first-order valence-corrected chi connectivity index (χ1v) is 13.4. The van der Waals surface area contributed by atoms with Crippen molar-refractivity contribution in [3.8, 4) is 28.7 Å².